The third kappa shape index (κ3) is 8.77. The monoisotopic (exact) mass is 577 g/mol. The van der Waals surface area contributed by atoms with E-state index in [-0.39, 0.29) is 18.6 Å². The van der Waals surface area contributed by atoms with Gasteiger partial charge in [-0.1, -0.05) is 97.1 Å². The van der Waals surface area contributed by atoms with E-state index in [1.807, 2.05) is 72.8 Å². The predicted octanol–water partition coefficient (Wildman–Crippen LogP) is 6.11. The minimum absolute atomic E-state index is 0.102. The molecule has 7 nitrogen and oxygen atoms in total. The lowest BCUT2D eigenvalue weighted by Gasteiger charge is -2.29. The molecule has 0 radical (unpaired) electrons. The van der Waals surface area contributed by atoms with E-state index in [0.717, 1.165) is 25.2 Å². The highest BCUT2D eigenvalue weighted by atomic mass is 16.5. The Morgan fingerprint density at radius 1 is 0.814 bits per heavy atom. The van der Waals surface area contributed by atoms with Crippen LogP contribution in [0.3, 0.4) is 0 Å². The van der Waals surface area contributed by atoms with E-state index < -0.39 is 5.97 Å². The van der Waals surface area contributed by atoms with Crippen molar-refractivity contribution in [3.8, 4) is 0 Å². The molecule has 4 aromatic rings. The van der Waals surface area contributed by atoms with E-state index in [1.54, 1.807) is 23.1 Å². The number of hydrogen-bond acceptors (Lipinski definition) is 5. The summed E-state index contributed by atoms with van der Waals surface area (Å²) in [5.74, 6) is -0.324. The standard InChI is InChI=1S/C36H39N3O4/c40-35(43-28-29-11-4-1-5-12-29)32-17-10-18-33(27-32)39(36(41)37-20-22-38-23-25-42-26-24-38)21-19-34(30-13-6-2-7-14-30)31-15-8-3-9-16-31/h1-18,27,34H,19-26,28H2,(H,37,41). The van der Waals surface area contributed by atoms with Gasteiger partial charge in [0.1, 0.15) is 6.61 Å². The van der Waals surface area contributed by atoms with Crippen LogP contribution in [-0.2, 0) is 16.1 Å². The summed E-state index contributed by atoms with van der Waals surface area (Å²) in [5.41, 5.74) is 4.36. The third-order valence-corrected chi connectivity index (χ3v) is 7.70. The van der Waals surface area contributed by atoms with Gasteiger partial charge in [0.2, 0.25) is 0 Å². The van der Waals surface area contributed by atoms with Crippen LogP contribution < -0.4 is 10.2 Å². The van der Waals surface area contributed by atoms with E-state index in [2.05, 4.69) is 34.5 Å². The molecule has 0 spiro atoms. The zero-order valence-electron chi connectivity index (χ0n) is 24.4. The molecule has 0 bridgehead atoms. The second-order valence-electron chi connectivity index (χ2n) is 10.6. The van der Waals surface area contributed by atoms with Crippen LogP contribution in [0, 0.1) is 0 Å². The minimum atomic E-state index is -0.426. The molecular weight excluding hydrogens is 538 g/mol. The summed E-state index contributed by atoms with van der Waals surface area (Å²) in [4.78, 5) is 30.7. The van der Waals surface area contributed by atoms with Crippen LogP contribution in [0.5, 0.6) is 0 Å². The van der Waals surface area contributed by atoms with Crippen LogP contribution in [0.4, 0.5) is 10.5 Å². The van der Waals surface area contributed by atoms with Gasteiger partial charge in [0, 0.05) is 44.3 Å². The van der Waals surface area contributed by atoms with Crippen molar-refractivity contribution in [1.82, 2.24) is 10.2 Å². The third-order valence-electron chi connectivity index (χ3n) is 7.70. The molecule has 43 heavy (non-hydrogen) atoms. The topological polar surface area (TPSA) is 71.1 Å². The molecule has 0 aliphatic carbocycles. The summed E-state index contributed by atoms with van der Waals surface area (Å²) in [6.45, 7) is 5.08. The van der Waals surface area contributed by atoms with Gasteiger partial charge in [-0.25, -0.2) is 9.59 Å². The highest BCUT2D eigenvalue weighted by Crippen LogP contribution is 2.29. The Balaban J connectivity index is 1.33. The van der Waals surface area contributed by atoms with Gasteiger partial charge >= 0.3 is 12.0 Å². The SMILES string of the molecule is O=C(OCc1ccccc1)c1cccc(N(CCC(c2ccccc2)c2ccccc2)C(=O)NCCN2CCOCC2)c1. The number of ether oxygens (including phenoxy) is 2. The minimum Gasteiger partial charge on any atom is -0.457 e. The number of carbonyl (C=O) groups excluding carboxylic acids is 2. The quantitative estimate of drug-likeness (QED) is 0.206. The largest absolute Gasteiger partial charge is 0.457 e. The Morgan fingerprint density at radius 3 is 2.09 bits per heavy atom. The molecule has 0 saturated carbocycles. The first-order valence-electron chi connectivity index (χ1n) is 14.9. The zero-order valence-corrected chi connectivity index (χ0v) is 24.4. The van der Waals surface area contributed by atoms with Crippen molar-refractivity contribution in [2.75, 3.05) is 50.8 Å². The van der Waals surface area contributed by atoms with Gasteiger partial charge in [-0.3, -0.25) is 9.80 Å². The smallest absolute Gasteiger partial charge is 0.338 e. The Kier molecular flexibility index (Phi) is 10.9. The first kappa shape index (κ1) is 30.0. The number of rotatable bonds is 12. The van der Waals surface area contributed by atoms with Gasteiger partial charge in [-0.15, -0.1) is 0 Å². The maximum atomic E-state index is 13.7. The number of urea groups is 1. The zero-order chi connectivity index (χ0) is 29.7. The fraction of sp³-hybridized carbons (Fsp3) is 0.278. The van der Waals surface area contributed by atoms with E-state index in [4.69, 9.17) is 9.47 Å². The van der Waals surface area contributed by atoms with Gasteiger partial charge in [-0.05, 0) is 41.3 Å². The van der Waals surface area contributed by atoms with Crippen LogP contribution in [-0.4, -0.2) is 62.8 Å². The molecule has 1 N–H and O–H groups in total. The fourth-order valence-corrected chi connectivity index (χ4v) is 5.35. The average Bonchev–Trinajstić information content (AvgIpc) is 3.07. The number of amides is 2. The Bertz CT molecular complexity index is 1390. The molecule has 4 aromatic carbocycles. The molecule has 0 unspecified atom stereocenters. The molecule has 1 saturated heterocycles. The average molecular weight is 578 g/mol. The lowest BCUT2D eigenvalue weighted by atomic mass is 9.88. The second-order valence-corrected chi connectivity index (χ2v) is 10.6. The Morgan fingerprint density at radius 2 is 1.44 bits per heavy atom. The number of morpholine rings is 1. The summed E-state index contributed by atoms with van der Waals surface area (Å²) >= 11 is 0. The van der Waals surface area contributed by atoms with Gasteiger partial charge in [0.25, 0.3) is 0 Å². The van der Waals surface area contributed by atoms with E-state index in [0.29, 0.717) is 44.0 Å². The molecule has 5 rings (SSSR count). The van der Waals surface area contributed by atoms with Crippen molar-refractivity contribution < 1.29 is 19.1 Å². The van der Waals surface area contributed by atoms with Gasteiger partial charge in [-0.2, -0.15) is 0 Å². The molecule has 7 heteroatoms. The van der Waals surface area contributed by atoms with Crippen molar-refractivity contribution >= 4 is 17.7 Å². The number of esters is 1. The van der Waals surface area contributed by atoms with Crippen molar-refractivity contribution in [2.45, 2.75) is 18.9 Å². The van der Waals surface area contributed by atoms with Gasteiger partial charge < -0.3 is 14.8 Å². The number of carbonyl (C=O) groups is 2. The molecule has 1 fully saturated rings. The van der Waals surface area contributed by atoms with Gasteiger partial charge in [0.05, 0.1) is 18.8 Å². The molecule has 1 aliphatic rings. The molecule has 1 heterocycles. The lowest BCUT2D eigenvalue weighted by molar-refractivity contribution is 0.0387. The molecule has 0 aromatic heterocycles. The van der Waals surface area contributed by atoms with E-state index in [9.17, 15) is 9.59 Å². The van der Waals surface area contributed by atoms with Crippen molar-refractivity contribution in [2.24, 2.45) is 0 Å². The number of nitrogens with one attached hydrogen (secondary N) is 1. The van der Waals surface area contributed by atoms with E-state index >= 15 is 0 Å². The van der Waals surface area contributed by atoms with Crippen LogP contribution >= 0.6 is 0 Å². The lowest BCUT2D eigenvalue weighted by Crippen LogP contribution is -2.45. The molecule has 0 atom stereocenters. The number of benzene rings is 4. The highest BCUT2D eigenvalue weighted by molar-refractivity contribution is 5.95. The van der Waals surface area contributed by atoms with Crippen LogP contribution in [0.1, 0.15) is 39.4 Å². The van der Waals surface area contributed by atoms with Crippen molar-refractivity contribution in [1.29, 1.82) is 0 Å². The highest BCUT2D eigenvalue weighted by Gasteiger charge is 2.22. The normalized spacial score (nSPS) is 13.4. The summed E-state index contributed by atoms with van der Waals surface area (Å²) in [6.07, 6.45) is 0.702. The number of nitrogens with zero attached hydrogens (tertiary/aromatic N) is 2. The maximum absolute atomic E-state index is 13.7. The summed E-state index contributed by atoms with van der Waals surface area (Å²) in [6, 6.07) is 37.3. The van der Waals surface area contributed by atoms with Crippen molar-refractivity contribution in [3.05, 3.63) is 138 Å². The van der Waals surface area contributed by atoms with E-state index in [1.165, 1.54) is 11.1 Å². The van der Waals surface area contributed by atoms with Crippen LogP contribution in [0.25, 0.3) is 0 Å². The molecular formula is C36H39N3O4. The summed E-state index contributed by atoms with van der Waals surface area (Å²) < 4.78 is 11.0. The Labute approximate surface area is 254 Å². The van der Waals surface area contributed by atoms with Gasteiger partial charge in [0.15, 0.2) is 0 Å². The molecule has 2 amide bonds. The van der Waals surface area contributed by atoms with Crippen LogP contribution in [0.15, 0.2) is 115 Å². The fourth-order valence-electron chi connectivity index (χ4n) is 5.35. The van der Waals surface area contributed by atoms with Crippen LogP contribution in [0.2, 0.25) is 0 Å². The summed E-state index contributed by atoms with van der Waals surface area (Å²) in [5, 5.41) is 3.12. The Hall–Kier alpha value is -4.46. The maximum Gasteiger partial charge on any atom is 0.338 e. The number of hydrogen-bond donors (Lipinski definition) is 1. The number of anilines is 1. The first-order chi connectivity index (χ1) is 21.2. The molecule has 222 valence electrons. The first-order valence-corrected chi connectivity index (χ1v) is 14.9. The molecule has 1 aliphatic heterocycles. The second kappa shape index (κ2) is 15.7. The summed E-state index contributed by atoms with van der Waals surface area (Å²) in [7, 11) is 0. The van der Waals surface area contributed by atoms with Crippen molar-refractivity contribution in [3.63, 3.8) is 0 Å². The predicted molar refractivity (Wildman–Crippen MR) is 169 cm³/mol.